The minimum Gasteiger partial charge on any atom is -0.491 e. The molecule has 21 heavy (non-hydrogen) atoms. The summed E-state index contributed by atoms with van der Waals surface area (Å²) in [7, 11) is 0. The minimum atomic E-state index is -0.476. The molecule has 1 heterocycles. The first-order valence-corrected chi connectivity index (χ1v) is 7.76. The SMILES string of the molecule is CC(C)Oc1ccc(C(O)CN2C[C@@H](C)O[C@@H](C)C2)cc1. The number of ether oxygens (including phenoxy) is 2. The predicted octanol–water partition coefficient (Wildman–Crippen LogP) is 2.62. The van der Waals surface area contributed by atoms with Gasteiger partial charge < -0.3 is 14.6 Å². The third-order valence-electron chi connectivity index (χ3n) is 3.56. The predicted molar refractivity (Wildman–Crippen MR) is 83.6 cm³/mol. The van der Waals surface area contributed by atoms with E-state index < -0.39 is 6.10 Å². The molecule has 1 N–H and O–H groups in total. The van der Waals surface area contributed by atoms with Crippen molar-refractivity contribution in [2.75, 3.05) is 19.6 Å². The smallest absolute Gasteiger partial charge is 0.119 e. The van der Waals surface area contributed by atoms with Crippen molar-refractivity contribution in [3.8, 4) is 5.75 Å². The van der Waals surface area contributed by atoms with Crippen LogP contribution in [-0.4, -0.2) is 48.0 Å². The standard InChI is InChI=1S/C17H27NO3/c1-12(2)20-16-7-5-15(6-8-16)17(19)11-18-9-13(3)21-14(4)10-18/h5-8,12-14,17,19H,9-11H2,1-4H3/t13-,14+,17?. The lowest BCUT2D eigenvalue weighted by Gasteiger charge is -2.36. The maximum absolute atomic E-state index is 10.4. The summed E-state index contributed by atoms with van der Waals surface area (Å²) in [5.74, 6) is 0.842. The first kappa shape index (κ1) is 16.3. The van der Waals surface area contributed by atoms with E-state index in [1.54, 1.807) is 0 Å². The summed E-state index contributed by atoms with van der Waals surface area (Å²) in [6.07, 6.45) is 0.137. The van der Waals surface area contributed by atoms with E-state index in [2.05, 4.69) is 18.7 Å². The zero-order chi connectivity index (χ0) is 15.4. The summed E-state index contributed by atoms with van der Waals surface area (Å²) >= 11 is 0. The van der Waals surface area contributed by atoms with Gasteiger partial charge >= 0.3 is 0 Å². The van der Waals surface area contributed by atoms with Gasteiger partial charge in [-0.2, -0.15) is 0 Å². The lowest BCUT2D eigenvalue weighted by Crippen LogP contribution is -2.46. The van der Waals surface area contributed by atoms with Gasteiger partial charge in [0.2, 0.25) is 0 Å². The van der Waals surface area contributed by atoms with Gasteiger partial charge in [-0.1, -0.05) is 12.1 Å². The highest BCUT2D eigenvalue weighted by Gasteiger charge is 2.24. The number of rotatable bonds is 5. The maximum atomic E-state index is 10.4. The second kappa shape index (κ2) is 7.25. The molecule has 1 aromatic rings. The molecule has 2 rings (SSSR count). The van der Waals surface area contributed by atoms with E-state index in [1.807, 2.05) is 38.1 Å². The number of benzene rings is 1. The Kier molecular flexibility index (Phi) is 5.62. The molecule has 0 bridgehead atoms. The number of morpholine rings is 1. The van der Waals surface area contributed by atoms with Crippen molar-refractivity contribution in [1.29, 1.82) is 0 Å². The Hall–Kier alpha value is -1.10. The van der Waals surface area contributed by atoms with Gasteiger partial charge in [0.05, 0.1) is 24.4 Å². The average Bonchev–Trinajstić information content (AvgIpc) is 2.37. The first-order chi connectivity index (χ1) is 9.94. The van der Waals surface area contributed by atoms with Gasteiger partial charge in [0.15, 0.2) is 0 Å². The van der Waals surface area contributed by atoms with Crippen LogP contribution in [0.5, 0.6) is 5.75 Å². The highest BCUT2D eigenvalue weighted by atomic mass is 16.5. The molecule has 1 saturated heterocycles. The molecule has 1 aromatic carbocycles. The lowest BCUT2D eigenvalue weighted by atomic mass is 10.1. The van der Waals surface area contributed by atoms with Crippen molar-refractivity contribution in [1.82, 2.24) is 4.90 Å². The molecule has 4 nitrogen and oxygen atoms in total. The summed E-state index contributed by atoms with van der Waals surface area (Å²) in [5.41, 5.74) is 0.929. The molecule has 0 radical (unpaired) electrons. The van der Waals surface area contributed by atoms with Crippen molar-refractivity contribution in [2.24, 2.45) is 0 Å². The zero-order valence-electron chi connectivity index (χ0n) is 13.5. The van der Waals surface area contributed by atoms with Gasteiger partial charge in [-0.05, 0) is 45.4 Å². The lowest BCUT2D eigenvalue weighted by molar-refractivity contribution is -0.0767. The van der Waals surface area contributed by atoms with Crippen LogP contribution in [0.2, 0.25) is 0 Å². The molecular formula is C17H27NO3. The van der Waals surface area contributed by atoms with Crippen molar-refractivity contribution in [3.63, 3.8) is 0 Å². The van der Waals surface area contributed by atoms with Crippen LogP contribution in [0.15, 0.2) is 24.3 Å². The average molecular weight is 293 g/mol. The van der Waals surface area contributed by atoms with Crippen molar-refractivity contribution < 1.29 is 14.6 Å². The number of aliphatic hydroxyl groups excluding tert-OH is 1. The van der Waals surface area contributed by atoms with Crippen LogP contribution in [0.3, 0.4) is 0 Å². The highest BCUT2D eigenvalue weighted by Crippen LogP contribution is 2.21. The molecule has 118 valence electrons. The summed E-state index contributed by atoms with van der Waals surface area (Å²) < 4.78 is 11.3. The quantitative estimate of drug-likeness (QED) is 0.906. The van der Waals surface area contributed by atoms with Crippen LogP contribution >= 0.6 is 0 Å². The van der Waals surface area contributed by atoms with Crippen molar-refractivity contribution in [2.45, 2.75) is 52.1 Å². The number of β-amino-alcohol motifs (C(OH)–C–C–N with tert-alkyl or cyclic N) is 1. The van der Waals surface area contributed by atoms with Gasteiger partial charge in [-0.15, -0.1) is 0 Å². The molecule has 0 amide bonds. The summed E-state index contributed by atoms with van der Waals surface area (Å²) in [4.78, 5) is 2.27. The number of hydrogen-bond acceptors (Lipinski definition) is 4. The van der Waals surface area contributed by atoms with Crippen LogP contribution in [0.4, 0.5) is 0 Å². The zero-order valence-corrected chi connectivity index (χ0v) is 13.5. The molecule has 1 unspecified atom stereocenters. The van der Waals surface area contributed by atoms with E-state index in [4.69, 9.17) is 9.47 Å². The van der Waals surface area contributed by atoms with E-state index in [0.717, 1.165) is 24.4 Å². The number of aliphatic hydroxyl groups is 1. The molecule has 1 fully saturated rings. The third kappa shape index (κ3) is 4.99. The molecule has 1 aliphatic rings. The van der Waals surface area contributed by atoms with E-state index in [9.17, 15) is 5.11 Å². The summed E-state index contributed by atoms with van der Waals surface area (Å²) in [6.45, 7) is 10.5. The maximum Gasteiger partial charge on any atom is 0.119 e. The number of hydrogen-bond donors (Lipinski definition) is 1. The van der Waals surface area contributed by atoms with Crippen LogP contribution in [0.1, 0.15) is 39.4 Å². The fraction of sp³-hybridized carbons (Fsp3) is 0.647. The number of nitrogens with zero attached hydrogens (tertiary/aromatic N) is 1. The van der Waals surface area contributed by atoms with E-state index in [0.29, 0.717) is 6.54 Å². The van der Waals surface area contributed by atoms with E-state index in [-0.39, 0.29) is 18.3 Å². The molecule has 0 spiro atoms. The van der Waals surface area contributed by atoms with Crippen LogP contribution < -0.4 is 4.74 Å². The molecular weight excluding hydrogens is 266 g/mol. The fourth-order valence-corrected chi connectivity index (χ4v) is 2.82. The Bertz CT molecular complexity index is 422. The molecule has 1 aliphatic heterocycles. The van der Waals surface area contributed by atoms with E-state index >= 15 is 0 Å². The molecule has 3 atom stereocenters. The molecule has 0 aromatic heterocycles. The second-order valence-corrected chi connectivity index (χ2v) is 6.23. The van der Waals surface area contributed by atoms with Gasteiger partial charge in [-0.25, -0.2) is 0 Å². The van der Waals surface area contributed by atoms with Gasteiger partial charge in [0, 0.05) is 19.6 Å². The Labute approximate surface area is 127 Å². The topological polar surface area (TPSA) is 41.9 Å². The monoisotopic (exact) mass is 293 g/mol. The van der Waals surface area contributed by atoms with Crippen LogP contribution in [0, 0.1) is 0 Å². The Morgan fingerprint density at radius 1 is 1.19 bits per heavy atom. The van der Waals surface area contributed by atoms with Gasteiger partial charge in [0.1, 0.15) is 5.75 Å². The normalized spacial score (nSPS) is 25.0. The second-order valence-electron chi connectivity index (χ2n) is 6.23. The van der Waals surface area contributed by atoms with Gasteiger partial charge in [-0.3, -0.25) is 4.90 Å². The van der Waals surface area contributed by atoms with Crippen molar-refractivity contribution in [3.05, 3.63) is 29.8 Å². The molecule has 0 saturated carbocycles. The molecule has 0 aliphatic carbocycles. The summed E-state index contributed by atoms with van der Waals surface area (Å²) in [5, 5.41) is 10.4. The molecule has 4 heteroatoms. The third-order valence-corrected chi connectivity index (χ3v) is 3.56. The van der Waals surface area contributed by atoms with Crippen molar-refractivity contribution >= 4 is 0 Å². The largest absolute Gasteiger partial charge is 0.491 e. The van der Waals surface area contributed by atoms with Crippen LogP contribution in [0.25, 0.3) is 0 Å². The highest BCUT2D eigenvalue weighted by molar-refractivity contribution is 5.28. The Morgan fingerprint density at radius 3 is 2.29 bits per heavy atom. The Morgan fingerprint density at radius 2 is 1.76 bits per heavy atom. The first-order valence-electron chi connectivity index (χ1n) is 7.76. The van der Waals surface area contributed by atoms with Gasteiger partial charge in [0.25, 0.3) is 0 Å². The summed E-state index contributed by atoms with van der Waals surface area (Å²) in [6, 6.07) is 7.72. The minimum absolute atomic E-state index is 0.164. The fourth-order valence-electron chi connectivity index (χ4n) is 2.82. The Balaban J connectivity index is 1.92. The van der Waals surface area contributed by atoms with Crippen LogP contribution in [-0.2, 0) is 4.74 Å². The van der Waals surface area contributed by atoms with E-state index in [1.165, 1.54) is 0 Å².